The van der Waals surface area contributed by atoms with Gasteiger partial charge in [0.15, 0.2) is 11.6 Å². The summed E-state index contributed by atoms with van der Waals surface area (Å²) >= 11 is 0. The van der Waals surface area contributed by atoms with Crippen LogP contribution in [-0.4, -0.2) is 30.0 Å². The molecule has 7 heteroatoms. The van der Waals surface area contributed by atoms with Crippen molar-refractivity contribution in [3.8, 4) is 5.75 Å². The molecule has 2 aromatic carbocycles. The first kappa shape index (κ1) is 15.3. The molecule has 0 saturated heterocycles. The van der Waals surface area contributed by atoms with Crippen molar-refractivity contribution in [2.24, 2.45) is 0 Å². The fourth-order valence-corrected chi connectivity index (χ4v) is 3.00. The predicted octanol–water partition coefficient (Wildman–Crippen LogP) is 3.04. The van der Waals surface area contributed by atoms with E-state index in [9.17, 15) is 9.18 Å². The fraction of sp³-hybridized carbons (Fsp3) is 0.167. The first-order valence-corrected chi connectivity index (χ1v) is 7.71. The third-order valence-electron chi connectivity index (χ3n) is 4.33. The van der Waals surface area contributed by atoms with Gasteiger partial charge in [-0.15, -0.1) is 0 Å². The molecule has 0 fully saturated rings. The van der Waals surface area contributed by atoms with Crippen LogP contribution in [0, 0.1) is 5.82 Å². The molecule has 1 aliphatic heterocycles. The Morgan fingerprint density at radius 2 is 2.08 bits per heavy atom. The second-order valence-electron chi connectivity index (χ2n) is 5.82. The molecule has 0 bridgehead atoms. The largest absolute Gasteiger partial charge is 0.494 e. The summed E-state index contributed by atoms with van der Waals surface area (Å²) in [5.74, 6) is 0.269. The average Bonchev–Trinajstić information content (AvgIpc) is 2.88. The van der Waals surface area contributed by atoms with Gasteiger partial charge in [0.05, 0.1) is 19.0 Å². The minimum absolute atomic E-state index is 0.0693. The van der Waals surface area contributed by atoms with Crippen LogP contribution in [0.5, 0.6) is 5.75 Å². The van der Waals surface area contributed by atoms with E-state index in [-0.39, 0.29) is 11.7 Å². The maximum atomic E-state index is 13.9. The van der Waals surface area contributed by atoms with Crippen molar-refractivity contribution in [1.82, 2.24) is 9.97 Å². The van der Waals surface area contributed by atoms with Crippen molar-refractivity contribution in [1.29, 1.82) is 0 Å². The van der Waals surface area contributed by atoms with Gasteiger partial charge in [0.1, 0.15) is 12.1 Å². The molecule has 1 aliphatic rings. The van der Waals surface area contributed by atoms with Crippen molar-refractivity contribution in [2.75, 3.05) is 24.4 Å². The molecule has 0 unspecified atom stereocenters. The first-order chi connectivity index (χ1) is 12.1. The van der Waals surface area contributed by atoms with E-state index in [1.807, 2.05) is 18.2 Å². The van der Waals surface area contributed by atoms with E-state index in [1.54, 1.807) is 18.0 Å². The van der Waals surface area contributed by atoms with Gasteiger partial charge in [0.2, 0.25) is 5.91 Å². The maximum absolute atomic E-state index is 13.9. The lowest BCUT2D eigenvalue weighted by Crippen LogP contribution is -2.20. The highest BCUT2D eigenvalue weighted by Gasteiger charge is 2.24. The molecule has 1 amide bonds. The zero-order valence-electron chi connectivity index (χ0n) is 13.7. The number of halogens is 1. The number of fused-ring (bicyclic) bond motifs is 2. The molecule has 25 heavy (non-hydrogen) atoms. The number of methoxy groups -OCH3 is 1. The number of ether oxygens (including phenoxy) is 1. The quantitative estimate of drug-likeness (QED) is 0.795. The predicted molar refractivity (Wildman–Crippen MR) is 92.9 cm³/mol. The zero-order chi connectivity index (χ0) is 17.6. The molecular weight excluding hydrogens is 323 g/mol. The number of nitrogens with zero attached hydrogens (tertiary/aromatic N) is 3. The second kappa shape index (κ2) is 5.70. The molecule has 2 heterocycles. The minimum Gasteiger partial charge on any atom is -0.494 e. The highest BCUT2D eigenvalue weighted by molar-refractivity contribution is 6.01. The molecule has 0 aliphatic carbocycles. The van der Waals surface area contributed by atoms with E-state index >= 15 is 0 Å². The molecule has 1 aromatic heterocycles. The molecule has 0 saturated carbocycles. The van der Waals surface area contributed by atoms with Crippen molar-refractivity contribution < 1.29 is 13.9 Å². The number of hydrogen-bond acceptors (Lipinski definition) is 5. The monoisotopic (exact) mass is 338 g/mol. The van der Waals surface area contributed by atoms with E-state index in [0.717, 1.165) is 16.9 Å². The summed E-state index contributed by atoms with van der Waals surface area (Å²) in [7, 11) is 3.18. The Kier molecular flexibility index (Phi) is 3.49. The number of rotatable bonds is 3. The van der Waals surface area contributed by atoms with E-state index in [0.29, 0.717) is 23.1 Å². The summed E-state index contributed by atoms with van der Waals surface area (Å²) in [6, 6.07) is 8.58. The van der Waals surface area contributed by atoms with Crippen LogP contribution in [0.25, 0.3) is 10.9 Å². The number of anilines is 3. The molecular formula is C18H15FN4O2. The molecule has 0 spiro atoms. The van der Waals surface area contributed by atoms with Crippen molar-refractivity contribution in [2.45, 2.75) is 6.42 Å². The Morgan fingerprint density at radius 3 is 2.88 bits per heavy atom. The van der Waals surface area contributed by atoms with Gasteiger partial charge < -0.3 is 15.0 Å². The Balaban J connectivity index is 1.74. The topological polar surface area (TPSA) is 67.3 Å². The van der Waals surface area contributed by atoms with Gasteiger partial charge in [0, 0.05) is 29.9 Å². The number of nitrogens with one attached hydrogen (secondary N) is 1. The number of carbonyl (C=O) groups is 1. The van der Waals surface area contributed by atoms with Gasteiger partial charge in [-0.25, -0.2) is 14.4 Å². The van der Waals surface area contributed by atoms with Gasteiger partial charge in [-0.2, -0.15) is 0 Å². The standard InChI is InChI=1S/C18H15FN4O2/c1-23-15-4-3-11(5-10(15)6-17(23)24)22-18-12-7-16(25-2)13(19)8-14(12)20-9-21-18/h3-5,7-9H,6H2,1-2H3,(H,20,21,22). The van der Waals surface area contributed by atoms with Crippen LogP contribution in [0.1, 0.15) is 5.56 Å². The molecule has 4 rings (SSSR count). The summed E-state index contributed by atoms with van der Waals surface area (Å²) in [6.07, 6.45) is 1.76. The summed E-state index contributed by atoms with van der Waals surface area (Å²) in [5, 5.41) is 3.87. The third-order valence-corrected chi connectivity index (χ3v) is 4.33. The Morgan fingerprint density at radius 1 is 1.24 bits per heavy atom. The smallest absolute Gasteiger partial charge is 0.231 e. The lowest BCUT2D eigenvalue weighted by atomic mass is 10.1. The highest BCUT2D eigenvalue weighted by atomic mass is 19.1. The number of carbonyl (C=O) groups excluding carboxylic acids is 1. The van der Waals surface area contributed by atoms with E-state index < -0.39 is 5.82 Å². The summed E-state index contributed by atoms with van der Waals surface area (Å²) in [4.78, 5) is 21.8. The Labute approximate surface area is 143 Å². The molecule has 0 atom stereocenters. The number of aromatic nitrogens is 2. The van der Waals surface area contributed by atoms with Crippen molar-refractivity contribution in [3.63, 3.8) is 0 Å². The van der Waals surface area contributed by atoms with Crippen LogP contribution in [0.15, 0.2) is 36.7 Å². The van der Waals surface area contributed by atoms with Crippen LogP contribution in [0.2, 0.25) is 0 Å². The molecule has 0 radical (unpaired) electrons. The zero-order valence-corrected chi connectivity index (χ0v) is 13.7. The van der Waals surface area contributed by atoms with Gasteiger partial charge in [-0.1, -0.05) is 0 Å². The summed E-state index contributed by atoms with van der Waals surface area (Å²) < 4.78 is 18.9. The molecule has 6 nitrogen and oxygen atoms in total. The molecule has 3 aromatic rings. The van der Waals surface area contributed by atoms with Crippen LogP contribution in [-0.2, 0) is 11.2 Å². The Hall–Kier alpha value is -3.22. The molecule has 126 valence electrons. The normalized spacial score (nSPS) is 13.2. The van der Waals surface area contributed by atoms with Crippen LogP contribution < -0.4 is 15.0 Å². The van der Waals surface area contributed by atoms with E-state index in [2.05, 4.69) is 15.3 Å². The van der Waals surface area contributed by atoms with Crippen LogP contribution in [0.4, 0.5) is 21.6 Å². The number of benzene rings is 2. The fourth-order valence-electron chi connectivity index (χ4n) is 3.00. The number of hydrogen-bond donors (Lipinski definition) is 1. The number of likely N-dealkylation sites (N-methyl/N-ethyl adjacent to an activating group) is 1. The Bertz CT molecular complexity index is 1010. The molecule has 1 N–H and O–H groups in total. The van der Waals surface area contributed by atoms with E-state index in [1.165, 1.54) is 19.5 Å². The van der Waals surface area contributed by atoms with Crippen molar-refractivity contribution >= 4 is 34.0 Å². The summed E-state index contributed by atoms with van der Waals surface area (Å²) in [6.45, 7) is 0. The van der Waals surface area contributed by atoms with Gasteiger partial charge in [-0.3, -0.25) is 4.79 Å². The summed E-state index contributed by atoms with van der Waals surface area (Å²) in [5.41, 5.74) is 3.14. The number of amides is 1. The third kappa shape index (κ3) is 2.53. The lowest BCUT2D eigenvalue weighted by molar-refractivity contribution is -0.117. The van der Waals surface area contributed by atoms with Crippen molar-refractivity contribution in [3.05, 3.63) is 48.0 Å². The van der Waals surface area contributed by atoms with Gasteiger partial charge in [-0.05, 0) is 29.8 Å². The SMILES string of the molecule is COc1cc2c(Nc3ccc4c(c3)CC(=O)N4C)ncnc2cc1F. The lowest BCUT2D eigenvalue weighted by Gasteiger charge is -2.12. The van der Waals surface area contributed by atoms with Crippen LogP contribution in [0.3, 0.4) is 0 Å². The highest BCUT2D eigenvalue weighted by Crippen LogP contribution is 2.33. The maximum Gasteiger partial charge on any atom is 0.231 e. The van der Waals surface area contributed by atoms with Gasteiger partial charge in [0.25, 0.3) is 0 Å². The minimum atomic E-state index is -0.473. The second-order valence-corrected chi connectivity index (χ2v) is 5.82. The first-order valence-electron chi connectivity index (χ1n) is 7.71. The van der Waals surface area contributed by atoms with E-state index in [4.69, 9.17) is 4.74 Å². The van der Waals surface area contributed by atoms with Crippen LogP contribution >= 0.6 is 0 Å². The average molecular weight is 338 g/mol. The van der Waals surface area contributed by atoms with Gasteiger partial charge >= 0.3 is 0 Å².